The molecule has 0 saturated carbocycles. The Bertz CT molecular complexity index is 1150. The second-order valence-corrected chi connectivity index (χ2v) is 7.33. The summed E-state index contributed by atoms with van der Waals surface area (Å²) in [5.74, 6) is 0.557. The third kappa shape index (κ3) is 4.77. The number of imidazole rings is 1. The van der Waals surface area contributed by atoms with E-state index in [1.165, 1.54) is 5.56 Å². The number of aromatic nitrogens is 6. The van der Waals surface area contributed by atoms with Gasteiger partial charge in [-0.3, -0.25) is 4.79 Å². The molecule has 160 valence electrons. The van der Waals surface area contributed by atoms with Crippen molar-refractivity contribution in [1.29, 1.82) is 0 Å². The lowest BCUT2D eigenvalue weighted by atomic mass is 10.1. The Morgan fingerprint density at radius 3 is 2.74 bits per heavy atom. The predicted octanol–water partition coefficient (Wildman–Crippen LogP) is 2.18. The maximum atomic E-state index is 12.9. The molecule has 9 heteroatoms. The molecule has 3 aromatic heterocycles. The van der Waals surface area contributed by atoms with E-state index in [1.807, 2.05) is 27.3 Å². The van der Waals surface area contributed by atoms with Gasteiger partial charge in [0.05, 0.1) is 25.0 Å². The zero-order chi connectivity index (χ0) is 21.6. The van der Waals surface area contributed by atoms with Crippen LogP contribution in [0.25, 0.3) is 11.2 Å². The molecule has 0 unspecified atom stereocenters. The van der Waals surface area contributed by atoms with Crippen LogP contribution in [0.1, 0.15) is 21.7 Å². The summed E-state index contributed by atoms with van der Waals surface area (Å²) < 4.78 is 8.99. The number of benzene rings is 1. The number of carbonyl (C=O) groups is 1. The molecule has 1 amide bonds. The molecule has 0 bridgehead atoms. The molecule has 0 N–H and O–H groups in total. The molecule has 0 aliphatic heterocycles. The van der Waals surface area contributed by atoms with Gasteiger partial charge >= 0.3 is 0 Å². The highest BCUT2D eigenvalue weighted by Gasteiger charge is 2.17. The fraction of sp³-hybridized carbons (Fsp3) is 0.318. The first kappa shape index (κ1) is 20.7. The predicted molar refractivity (Wildman–Crippen MR) is 115 cm³/mol. The maximum Gasteiger partial charge on any atom is 0.255 e. The van der Waals surface area contributed by atoms with Gasteiger partial charge in [-0.2, -0.15) is 0 Å². The Labute approximate surface area is 180 Å². The highest BCUT2D eigenvalue weighted by Crippen LogP contribution is 2.15. The van der Waals surface area contributed by atoms with E-state index >= 15 is 0 Å². The zero-order valence-electron chi connectivity index (χ0n) is 17.7. The van der Waals surface area contributed by atoms with Crippen LogP contribution in [0.15, 0.2) is 55.2 Å². The summed E-state index contributed by atoms with van der Waals surface area (Å²) in [6.45, 7) is 2.30. The van der Waals surface area contributed by atoms with Crippen LogP contribution in [0.3, 0.4) is 0 Å². The molecule has 0 radical (unpaired) electrons. The first-order valence-electron chi connectivity index (χ1n) is 10.1. The molecule has 31 heavy (non-hydrogen) atoms. The van der Waals surface area contributed by atoms with Gasteiger partial charge < -0.3 is 18.8 Å². The largest absolute Gasteiger partial charge is 0.383 e. The smallest absolute Gasteiger partial charge is 0.255 e. The number of hydrogen-bond acceptors (Lipinski definition) is 6. The Kier molecular flexibility index (Phi) is 6.32. The van der Waals surface area contributed by atoms with Crippen LogP contribution in [0, 0.1) is 0 Å². The van der Waals surface area contributed by atoms with Gasteiger partial charge in [-0.05, 0) is 18.1 Å². The third-order valence-electron chi connectivity index (χ3n) is 5.14. The number of pyridine rings is 1. The van der Waals surface area contributed by atoms with Gasteiger partial charge in [-0.15, -0.1) is 10.2 Å². The first-order valence-corrected chi connectivity index (χ1v) is 10.1. The van der Waals surface area contributed by atoms with Crippen molar-refractivity contribution in [3.05, 3.63) is 72.2 Å². The standard InChI is InChI=1S/C22H25N7O2/c1-27(14-20-26-25-16-28(20)10-11-31-2)22(30)18-12-19-21(23-13-18)29(15-24-19)9-8-17-6-4-3-5-7-17/h3-7,12-13,15-16H,8-11,14H2,1-2H3. The van der Waals surface area contributed by atoms with E-state index < -0.39 is 0 Å². The highest BCUT2D eigenvalue weighted by molar-refractivity contribution is 5.96. The van der Waals surface area contributed by atoms with Crippen molar-refractivity contribution in [3.8, 4) is 0 Å². The van der Waals surface area contributed by atoms with Crippen LogP contribution < -0.4 is 0 Å². The van der Waals surface area contributed by atoms with Crippen molar-refractivity contribution in [2.24, 2.45) is 0 Å². The topological polar surface area (TPSA) is 91.0 Å². The summed E-state index contributed by atoms with van der Waals surface area (Å²) in [6.07, 6.45) is 5.91. The normalized spacial score (nSPS) is 11.2. The number of ether oxygens (including phenoxy) is 1. The van der Waals surface area contributed by atoms with E-state index in [4.69, 9.17) is 4.74 Å². The summed E-state index contributed by atoms with van der Waals surface area (Å²) in [7, 11) is 3.38. The molecule has 0 fully saturated rings. The molecule has 3 heterocycles. The van der Waals surface area contributed by atoms with Crippen LogP contribution in [0.4, 0.5) is 0 Å². The van der Waals surface area contributed by atoms with E-state index in [1.54, 1.807) is 44.0 Å². The number of fused-ring (bicyclic) bond motifs is 1. The zero-order valence-corrected chi connectivity index (χ0v) is 17.7. The first-order chi connectivity index (χ1) is 15.2. The van der Waals surface area contributed by atoms with Gasteiger partial charge in [-0.25, -0.2) is 9.97 Å². The van der Waals surface area contributed by atoms with Gasteiger partial charge in [-0.1, -0.05) is 30.3 Å². The van der Waals surface area contributed by atoms with Crippen LogP contribution in [-0.4, -0.2) is 60.9 Å². The maximum absolute atomic E-state index is 12.9. The van der Waals surface area contributed by atoms with Crippen LogP contribution in [-0.2, 0) is 30.8 Å². The van der Waals surface area contributed by atoms with E-state index in [9.17, 15) is 4.79 Å². The molecule has 0 atom stereocenters. The van der Waals surface area contributed by atoms with E-state index in [2.05, 4.69) is 32.3 Å². The monoisotopic (exact) mass is 419 g/mol. The lowest BCUT2D eigenvalue weighted by Crippen LogP contribution is -2.28. The van der Waals surface area contributed by atoms with Gasteiger partial charge in [0.25, 0.3) is 5.91 Å². The lowest BCUT2D eigenvalue weighted by molar-refractivity contribution is 0.0779. The Balaban J connectivity index is 1.44. The molecule has 0 aliphatic carbocycles. The summed E-state index contributed by atoms with van der Waals surface area (Å²) in [4.78, 5) is 23.5. The van der Waals surface area contributed by atoms with Crippen LogP contribution in [0.2, 0.25) is 0 Å². The number of rotatable bonds is 9. The van der Waals surface area contributed by atoms with Gasteiger partial charge in [0, 0.05) is 33.4 Å². The van der Waals surface area contributed by atoms with Crippen LogP contribution >= 0.6 is 0 Å². The number of hydrogen-bond donors (Lipinski definition) is 0. The van der Waals surface area contributed by atoms with Gasteiger partial charge in [0.1, 0.15) is 11.8 Å². The third-order valence-corrected chi connectivity index (χ3v) is 5.14. The lowest BCUT2D eigenvalue weighted by Gasteiger charge is -2.17. The van der Waals surface area contributed by atoms with Crippen LogP contribution in [0.5, 0.6) is 0 Å². The number of carbonyl (C=O) groups excluding carboxylic acids is 1. The second-order valence-electron chi connectivity index (χ2n) is 7.33. The average Bonchev–Trinajstić information content (AvgIpc) is 3.42. The minimum atomic E-state index is -0.144. The number of methoxy groups -OCH3 is 1. The quantitative estimate of drug-likeness (QED) is 0.413. The van der Waals surface area contributed by atoms with Crippen molar-refractivity contribution in [2.75, 3.05) is 20.8 Å². The minimum absolute atomic E-state index is 0.144. The van der Waals surface area contributed by atoms with Gasteiger partial charge in [0.15, 0.2) is 11.5 Å². The fourth-order valence-electron chi connectivity index (χ4n) is 3.41. The second kappa shape index (κ2) is 9.48. The van der Waals surface area contributed by atoms with Crippen molar-refractivity contribution < 1.29 is 9.53 Å². The van der Waals surface area contributed by atoms with Gasteiger partial charge in [0.2, 0.25) is 0 Å². The highest BCUT2D eigenvalue weighted by atomic mass is 16.5. The number of nitrogens with zero attached hydrogens (tertiary/aromatic N) is 7. The summed E-state index contributed by atoms with van der Waals surface area (Å²) in [6, 6.07) is 12.1. The molecule has 4 aromatic rings. The van der Waals surface area contributed by atoms with E-state index in [-0.39, 0.29) is 5.91 Å². The minimum Gasteiger partial charge on any atom is -0.383 e. The summed E-state index contributed by atoms with van der Waals surface area (Å²) >= 11 is 0. The van der Waals surface area contributed by atoms with Crippen molar-refractivity contribution >= 4 is 17.1 Å². The summed E-state index contributed by atoms with van der Waals surface area (Å²) in [5.41, 5.74) is 3.23. The Morgan fingerprint density at radius 2 is 1.94 bits per heavy atom. The molecular formula is C22H25N7O2. The average molecular weight is 419 g/mol. The van der Waals surface area contributed by atoms with Crippen molar-refractivity contribution in [3.63, 3.8) is 0 Å². The summed E-state index contributed by atoms with van der Waals surface area (Å²) in [5, 5.41) is 8.05. The Morgan fingerprint density at radius 1 is 1.10 bits per heavy atom. The fourth-order valence-corrected chi connectivity index (χ4v) is 3.41. The van der Waals surface area contributed by atoms with E-state index in [0.717, 1.165) is 18.6 Å². The molecule has 0 saturated heterocycles. The Hall–Kier alpha value is -3.59. The number of amides is 1. The van der Waals surface area contributed by atoms with Crippen molar-refractivity contribution in [1.82, 2.24) is 34.2 Å². The molecule has 4 rings (SSSR count). The van der Waals surface area contributed by atoms with E-state index in [0.29, 0.717) is 36.6 Å². The molecule has 9 nitrogen and oxygen atoms in total. The number of aryl methyl sites for hydroxylation is 2. The molecule has 0 aliphatic rings. The molecular weight excluding hydrogens is 394 g/mol. The molecule has 1 aromatic carbocycles. The molecule has 0 spiro atoms. The van der Waals surface area contributed by atoms with Crippen molar-refractivity contribution in [2.45, 2.75) is 26.1 Å². The SMILES string of the molecule is COCCn1cnnc1CN(C)C(=O)c1cnc2c(c1)ncn2CCc1ccccc1.